The number of esters is 1. The van der Waals surface area contributed by atoms with E-state index in [1.54, 1.807) is 29.8 Å². The van der Waals surface area contributed by atoms with E-state index in [1.807, 2.05) is 0 Å². The van der Waals surface area contributed by atoms with Crippen LogP contribution in [-0.2, 0) is 9.53 Å². The lowest BCUT2D eigenvalue weighted by Gasteiger charge is -2.06. The average Bonchev–Trinajstić information content (AvgIpc) is 2.91. The van der Waals surface area contributed by atoms with E-state index in [1.165, 1.54) is 12.7 Å². The van der Waals surface area contributed by atoms with Gasteiger partial charge in [-0.3, -0.25) is 4.79 Å². The van der Waals surface area contributed by atoms with Crippen molar-refractivity contribution in [1.82, 2.24) is 14.8 Å². The standard InChI is InChI=1S/C12H10BrN3O3/c1-2-19-12(18)11(17)8-3-4-10(9(13)5-8)16-7-14-6-15-16/h3-7H,2H2,1H3. The molecule has 1 aromatic heterocycles. The van der Waals surface area contributed by atoms with Gasteiger partial charge in [0.2, 0.25) is 0 Å². The van der Waals surface area contributed by atoms with Gasteiger partial charge in [0.15, 0.2) is 0 Å². The molecule has 0 spiro atoms. The van der Waals surface area contributed by atoms with E-state index in [0.717, 1.165) is 5.69 Å². The second kappa shape index (κ2) is 5.75. The number of ether oxygens (including phenoxy) is 1. The van der Waals surface area contributed by atoms with E-state index in [0.29, 0.717) is 4.47 Å². The summed E-state index contributed by atoms with van der Waals surface area (Å²) >= 11 is 3.33. The first-order valence-corrected chi connectivity index (χ1v) is 6.28. The van der Waals surface area contributed by atoms with Crippen LogP contribution in [-0.4, -0.2) is 33.1 Å². The monoisotopic (exact) mass is 323 g/mol. The lowest BCUT2D eigenvalue weighted by Crippen LogP contribution is -2.17. The van der Waals surface area contributed by atoms with Crippen molar-refractivity contribution in [2.45, 2.75) is 6.92 Å². The van der Waals surface area contributed by atoms with Gasteiger partial charge >= 0.3 is 5.97 Å². The summed E-state index contributed by atoms with van der Waals surface area (Å²) < 4.78 is 6.85. The van der Waals surface area contributed by atoms with Crippen molar-refractivity contribution in [1.29, 1.82) is 0 Å². The average molecular weight is 324 g/mol. The fraction of sp³-hybridized carbons (Fsp3) is 0.167. The molecule has 0 aliphatic rings. The Kier molecular flexibility index (Phi) is 4.06. The molecule has 2 rings (SSSR count). The number of hydrogen-bond acceptors (Lipinski definition) is 5. The van der Waals surface area contributed by atoms with Crippen LogP contribution in [0.5, 0.6) is 0 Å². The van der Waals surface area contributed by atoms with Crippen LogP contribution in [0.4, 0.5) is 0 Å². The zero-order valence-corrected chi connectivity index (χ0v) is 11.6. The van der Waals surface area contributed by atoms with Crippen LogP contribution in [0.25, 0.3) is 5.69 Å². The molecule has 0 amide bonds. The van der Waals surface area contributed by atoms with Crippen molar-refractivity contribution in [3.63, 3.8) is 0 Å². The second-order valence-corrected chi connectivity index (χ2v) is 4.41. The van der Waals surface area contributed by atoms with Gasteiger partial charge in [-0.1, -0.05) is 0 Å². The van der Waals surface area contributed by atoms with Crippen molar-refractivity contribution in [2.75, 3.05) is 6.61 Å². The summed E-state index contributed by atoms with van der Waals surface area (Å²) in [5, 5.41) is 3.99. The third kappa shape index (κ3) is 2.87. The number of ketones is 1. The van der Waals surface area contributed by atoms with Crippen molar-refractivity contribution in [3.8, 4) is 5.69 Å². The Morgan fingerprint density at radius 3 is 2.79 bits per heavy atom. The summed E-state index contributed by atoms with van der Waals surface area (Å²) in [5.74, 6) is -1.53. The van der Waals surface area contributed by atoms with E-state index >= 15 is 0 Å². The Labute approximate surface area is 117 Å². The number of rotatable bonds is 4. The molecule has 0 aliphatic heterocycles. The number of aromatic nitrogens is 3. The predicted molar refractivity (Wildman–Crippen MR) is 70.0 cm³/mol. The van der Waals surface area contributed by atoms with Crippen LogP contribution in [0.1, 0.15) is 17.3 Å². The minimum Gasteiger partial charge on any atom is -0.460 e. The van der Waals surface area contributed by atoms with Crippen LogP contribution in [0.3, 0.4) is 0 Å². The molecule has 0 aliphatic carbocycles. The SMILES string of the molecule is CCOC(=O)C(=O)c1ccc(-n2cncn2)c(Br)c1. The highest BCUT2D eigenvalue weighted by Crippen LogP contribution is 2.22. The molecular formula is C12H10BrN3O3. The molecule has 7 heteroatoms. The van der Waals surface area contributed by atoms with E-state index in [2.05, 4.69) is 30.7 Å². The molecule has 0 atom stereocenters. The fourth-order valence-corrected chi connectivity index (χ4v) is 2.04. The summed E-state index contributed by atoms with van der Waals surface area (Å²) in [7, 11) is 0. The highest BCUT2D eigenvalue weighted by atomic mass is 79.9. The van der Waals surface area contributed by atoms with Gasteiger partial charge in [0.25, 0.3) is 5.78 Å². The minimum absolute atomic E-state index is 0.169. The molecule has 19 heavy (non-hydrogen) atoms. The summed E-state index contributed by atoms with van der Waals surface area (Å²) in [6, 6.07) is 4.77. The zero-order valence-electron chi connectivity index (χ0n) is 10.0. The Morgan fingerprint density at radius 1 is 1.42 bits per heavy atom. The Bertz CT molecular complexity index is 611. The highest BCUT2D eigenvalue weighted by molar-refractivity contribution is 9.10. The largest absolute Gasteiger partial charge is 0.460 e. The molecule has 0 unspecified atom stereocenters. The number of Topliss-reactive ketones (excluding diaryl/α,β-unsaturated/α-hetero) is 1. The second-order valence-electron chi connectivity index (χ2n) is 3.56. The lowest BCUT2D eigenvalue weighted by molar-refractivity contribution is -0.137. The predicted octanol–water partition coefficient (Wildman–Crippen LogP) is 1.78. The molecule has 6 nitrogen and oxygen atoms in total. The van der Waals surface area contributed by atoms with E-state index in [4.69, 9.17) is 0 Å². The maximum atomic E-state index is 11.8. The number of carbonyl (C=O) groups excluding carboxylic acids is 2. The van der Waals surface area contributed by atoms with Crippen molar-refractivity contribution < 1.29 is 14.3 Å². The molecule has 98 valence electrons. The number of benzene rings is 1. The molecule has 1 heterocycles. The van der Waals surface area contributed by atoms with Gasteiger partial charge in [-0.05, 0) is 41.1 Å². The first-order chi connectivity index (χ1) is 9.13. The van der Waals surface area contributed by atoms with Gasteiger partial charge in [0.1, 0.15) is 12.7 Å². The third-order valence-electron chi connectivity index (χ3n) is 2.34. The van der Waals surface area contributed by atoms with Crippen molar-refractivity contribution >= 4 is 27.7 Å². The number of halogens is 1. The summed E-state index contributed by atoms with van der Waals surface area (Å²) in [5.41, 5.74) is 0.979. The summed E-state index contributed by atoms with van der Waals surface area (Å²) in [6.07, 6.45) is 2.94. The number of nitrogens with zero attached hydrogens (tertiary/aromatic N) is 3. The van der Waals surface area contributed by atoms with Crippen LogP contribution in [0, 0.1) is 0 Å². The van der Waals surface area contributed by atoms with E-state index < -0.39 is 11.8 Å². The van der Waals surface area contributed by atoms with Gasteiger partial charge in [-0.25, -0.2) is 14.5 Å². The topological polar surface area (TPSA) is 74.1 Å². The molecular weight excluding hydrogens is 314 g/mol. The van der Waals surface area contributed by atoms with Gasteiger partial charge < -0.3 is 4.74 Å². The molecule has 0 fully saturated rings. The third-order valence-corrected chi connectivity index (χ3v) is 2.97. The van der Waals surface area contributed by atoms with Crippen LogP contribution < -0.4 is 0 Å². The van der Waals surface area contributed by atoms with Crippen LogP contribution >= 0.6 is 15.9 Å². The Balaban J connectivity index is 2.29. The first-order valence-electron chi connectivity index (χ1n) is 5.49. The molecule has 0 saturated carbocycles. The Morgan fingerprint density at radius 2 is 2.21 bits per heavy atom. The lowest BCUT2D eigenvalue weighted by atomic mass is 10.1. The maximum absolute atomic E-state index is 11.8. The summed E-state index contributed by atoms with van der Waals surface area (Å²) in [6.45, 7) is 1.82. The molecule has 0 radical (unpaired) electrons. The quantitative estimate of drug-likeness (QED) is 0.487. The fourth-order valence-electron chi connectivity index (χ4n) is 1.48. The van der Waals surface area contributed by atoms with Crippen molar-refractivity contribution in [2.24, 2.45) is 0 Å². The molecule has 0 N–H and O–H groups in total. The van der Waals surface area contributed by atoms with E-state index in [9.17, 15) is 9.59 Å². The minimum atomic E-state index is -0.858. The molecule has 1 aromatic carbocycles. The first kappa shape index (κ1) is 13.4. The molecule has 0 saturated heterocycles. The van der Waals surface area contributed by atoms with Gasteiger partial charge in [-0.15, -0.1) is 0 Å². The van der Waals surface area contributed by atoms with Gasteiger partial charge in [0, 0.05) is 10.0 Å². The normalized spacial score (nSPS) is 10.2. The number of carbonyl (C=O) groups is 2. The van der Waals surface area contributed by atoms with Gasteiger partial charge in [-0.2, -0.15) is 5.10 Å². The smallest absolute Gasteiger partial charge is 0.379 e. The number of hydrogen-bond donors (Lipinski definition) is 0. The van der Waals surface area contributed by atoms with Crippen LogP contribution in [0.15, 0.2) is 35.3 Å². The summed E-state index contributed by atoms with van der Waals surface area (Å²) in [4.78, 5) is 26.9. The van der Waals surface area contributed by atoms with Crippen molar-refractivity contribution in [3.05, 3.63) is 40.9 Å². The van der Waals surface area contributed by atoms with Crippen LogP contribution in [0.2, 0.25) is 0 Å². The Hall–Kier alpha value is -2.02. The molecule has 0 bridgehead atoms. The zero-order chi connectivity index (χ0) is 13.8. The van der Waals surface area contributed by atoms with E-state index in [-0.39, 0.29) is 12.2 Å². The van der Waals surface area contributed by atoms with Gasteiger partial charge in [0.05, 0.1) is 12.3 Å². The highest BCUT2D eigenvalue weighted by Gasteiger charge is 2.18. The molecule has 2 aromatic rings. The maximum Gasteiger partial charge on any atom is 0.379 e.